The summed E-state index contributed by atoms with van der Waals surface area (Å²) < 4.78 is 12.0. The second-order valence-corrected chi connectivity index (χ2v) is 9.51. The highest BCUT2D eigenvalue weighted by Gasteiger charge is 2.30. The van der Waals surface area contributed by atoms with Gasteiger partial charge in [-0.25, -0.2) is 4.79 Å². The first-order valence-corrected chi connectivity index (χ1v) is 12.3. The van der Waals surface area contributed by atoms with Gasteiger partial charge in [-0.05, 0) is 42.5 Å². The molecule has 5 nitrogen and oxygen atoms in total. The van der Waals surface area contributed by atoms with E-state index in [9.17, 15) is 9.90 Å². The molecule has 0 aliphatic carbocycles. The number of nitrogens with zero attached hydrogens (tertiary/aromatic N) is 1. The molecule has 1 unspecified atom stereocenters. The smallest absolute Gasteiger partial charge is 0.331 e. The Balaban J connectivity index is 1.57. The van der Waals surface area contributed by atoms with Gasteiger partial charge < -0.3 is 14.6 Å². The predicted octanol–water partition coefficient (Wildman–Crippen LogP) is 5.85. The Morgan fingerprint density at radius 2 is 2.06 bits per heavy atom. The van der Waals surface area contributed by atoms with Crippen molar-refractivity contribution in [3.05, 3.63) is 70.1 Å². The summed E-state index contributed by atoms with van der Waals surface area (Å²) in [4.78, 5) is 14.4. The Kier molecular flexibility index (Phi) is 8.63. The molecule has 1 aromatic heterocycles. The fourth-order valence-corrected chi connectivity index (χ4v) is 5.12. The van der Waals surface area contributed by atoms with Gasteiger partial charge in [-0.2, -0.15) is 0 Å². The van der Waals surface area contributed by atoms with Gasteiger partial charge in [-0.3, -0.25) is 4.90 Å². The van der Waals surface area contributed by atoms with Gasteiger partial charge in [0.25, 0.3) is 0 Å². The van der Waals surface area contributed by atoms with Crippen LogP contribution in [0.5, 0.6) is 5.75 Å². The van der Waals surface area contributed by atoms with Gasteiger partial charge in [-0.1, -0.05) is 38.1 Å². The Labute approximate surface area is 192 Å². The lowest BCUT2D eigenvalue weighted by Crippen LogP contribution is -2.33. The molecule has 1 fully saturated rings. The molecule has 166 valence electrons. The molecule has 7 heteroatoms. The average molecular weight is 460 g/mol. The second kappa shape index (κ2) is 11.4. The summed E-state index contributed by atoms with van der Waals surface area (Å²) in [5.41, 5.74) is 2.19. The summed E-state index contributed by atoms with van der Waals surface area (Å²) >= 11 is 3.09. The van der Waals surface area contributed by atoms with Gasteiger partial charge in [0.15, 0.2) is 5.37 Å². The van der Waals surface area contributed by atoms with E-state index in [1.165, 1.54) is 11.8 Å². The highest BCUT2D eigenvalue weighted by atomic mass is 32.2. The number of ether oxygens (including phenoxy) is 2. The van der Waals surface area contributed by atoms with Crippen molar-refractivity contribution >= 4 is 34.8 Å². The Hall–Kier alpha value is -2.22. The molecule has 2 heterocycles. The first-order valence-electron chi connectivity index (χ1n) is 10.4. The lowest BCUT2D eigenvalue weighted by atomic mass is 10.1. The summed E-state index contributed by atoms with van der Waals surface area (Å²) in [5, 5.41) is 10.9. The van der Waals surface area contributed by atoms with Gasteiger partial charge in [0.2, 0.25) is 0 Å². The van der Waals surface area contributed by atoms with Crippen LogP contribution >= 0.6 is 23.1 Å². The Bertz CT molecular complexity index is 906. The monoisotopic (exact) mass is 459 g/mol. The molecule has 1 aliphatic heterocycles. The zero-order valence-corrected chi connectivity index (χ0v) is 19.6. The number of rotatable bonds is 11. The topological polar surface area (TPSA) is 59.0 Å². The molecule has 0 bridgehead atoms. The van der Waals surface area contributed by atoms with Gasteiger partial charge in [-0.15, -0.1) is 23.1 Å². The van der Waals surface area contributed by atoms with Gasteiger partial charge >= 0.3 is 5.97 Å². The standard InChI is InChI=1S/C24H29NO4S2/c1-4-6-20(17(2)29-18(3)22-7-5-13-30-22)16-28-21-10-8-19(9-11-21)15-25-12-14-31-23(25)24(26)27/h5,7-11,13,23H,3-4,6,12,14-16H2,1-2H3,(H,26,27)/b20-17+. The number of carboxylic acid groups (broad SMARTS) is 1. The zero-order valence-electron chi connectivity index (χ0n) is 18.0. The van der Waals surface area contributed by atoms with Crippen molar-refractivity contribution in [2.24, 2.45) is 0 Å². The lowest BCUT2D eigenvalue weighted by Gasteiger charge is -2.20. The molecule has 1 saturated heterocycles. The third-order valence-electron chi connectivity index (χ3n) is 5.04. The van der Waals surface area contributed by atoms with Crippen molar-refractivity contribution < 1.29 is 19.4 Å². The molecular weight excluding hydrogens is 430 g/mol. The third kappa shape index (κ3) is 6.63. The molecule has 1 aliphatic rings. The van der Waals surface area contributed by atoms with E-state index in [0.29, 0.717) is 18.9 Å². The highest BCUT2D eigenvalue weighted by molar-refractivity contribution is 8.00. The number of thioether (sulfide) groups is 1. The summed E-state index contributed by atoms with van der Waals surface area (Å²) in [6, 6.07) is 11.9. The van der Waals surface area contributed by atoms with E-state index in [0.717, 1.165) is 52.7 Å². The second-order valence-electron chi connectivity index (χ2n) is 7.38. The summed E-state index contributed by atoms with van der Waals surface area (Å²) in [6.07, 6.45) is 1.90. The first kappa shape index (κ1) is 23.4. The van der Waals surface area contributed by atoms with Crippen molar-refractivity contribution in [1.29, 1.82) is 0 Å². The number of hydrogen-bond donors (Lipinski definition) is 1. The molecule has 2 aromatic rings. The molecule has 0 amide bonds. The maximum Gasteiger partial charge on any atom is 0.331 e. The Morgan fingerprint density at radius 3 is 2.71 bits per heavy atom. The molecular formula is C24H29NO4S2. The maximum absolute atomic E-state index is 11.3. The van der Waals surface area contributed by atoms with E-state index in [2.05, 4.69) is 13.5 Å². The molecule has 0 radical (unpaired) electrons. The molecule has 31 heavy (non-hydrogen) atoms. The quantitative estimate of drug-likeness (QED) is 0.426. The first-order chi connectivity index (χ1) is 15.0. The molecule has 3 rings (SSSR count). The van der Waals surface area contributed by atoms with Crippen LogP contribution in [-0.4, -0.2) is 40.3 Å². The predicted molar refractivity (Wildman–Crippen MR) is 128 cm³/mol. The summed E-state index contributed by atoms with van der Waals surface area (Å²) in [7, 11) is 0. The number of benzene rings is 1. The van der Waals surface area contributed by atoms with E-state index in [1.807, 2.05) is 53.6 Å². The number of carbonyl (C=O) groups is 1. The van der Waals surface area contributed by atoms with Crippen LogP contribution in [0.3, 0.4) is 0 Å². The third-order valence-corrected chi connectivity index (χ3v) is 7.19. The lowest BCUT2D eigenvalue weighted by molar-refractivity contribution is -0.139. The van der Waals surface area contributed by atoms with E-state index >= 15 is 0 Å². The van der Waals surface area contributed by atoms with Crippen LogP contribution in [0.1, 0.15) is 37.1 Å². The largest absolute Gasteiger partial charge is 0.489 e. The van der Waals surface area contributed by atoms with Crippen molar-refractivity contribution in [3.8, 4) is 5.75 Å². The van der Waals surface area contributed by atoms with E-state index in [1.54, 1.807) is 11.3 Å². The van der Waals surface area contributed by atoms with E-state index < -0.39 is 11.3 Å². The minimum atomic E-state index is -0.767. The minimum absolute atomic E-state index is 0.454. The number of allylic oxidation sites excluding steroid dienone is 1. The number of carboxylic acids is 1. The average Bonchev–Trinajstić information content (AvgIpc) is 3.44. The molecule has 1 atom stereocenters. The van der Waals surface area contributed by atoms with Gasteiger partial charge in [0.1, 0.15) is 23.9 Å². The summed E-state index contributed by atoms with van der Waals surface area (Å²) in [6.45, 7) is 10.0. The van der Waals surface area contributed by atoms with Crippen LogP contribution in [0.15, 0.2) is 59.7 Å². The van der Waals surface area contributed by atoms with Crippen LogP contribution in [0.2, 0.25) is 0 Å². The highest BCUT2D eigenvalue weighted by Crippen LogP contribution is 2.27. The Morgan fingerprint density at radius 1 is 1.29 bits per heavy atom. The molecule has 0 spiro atoms. The van der Waals surface area contributed by atoms with Crippen LogP contribution in [-0.2, 0) is 16.1 Å². The van der Waals surface area contributed by atoms with Crippen LogP contribution in [0.4, 0.5) is 0 Å². The van der Waals surface area contributed by atoms with E-state index in [4.69, 9.17) is 9.47 Å². The maximum atomic E-state index is 11.3. The molecule has 1 N–H and O–H groups in total. The number of aliphatic carboxylic acids is 1. The van der Waals surface area contributed by atoms with Crippen molar-refractivity contribution in [3.63, 3.8) is 0 Å². The van der Waals surface area contributed by atoms with Crippen LogP contribution < -0.4 is 4.74 Å². The van der Waals surface area contributed by atoms with E-state index in [-0.39, 0.29) is 0 Å². The van der Waals surface area contributed by atoms with Crippen LogP contribution in [0.25, 0.3) is 5.76 Å². The van der Waals surface area contributed by atoms with Gasteiger partial charge in [0, 0.05) is 24.4 Å². The fourth-order valence-electron chi connectivity index (χ4n) is 3.39. The SMILES string of the molecule is C=C(O/C(C)=C(\CCC)COc1ccc(CN2CCSC2C(=O)O)cc1)c1cccs1. The van der Waals surface area contributed by atoms with Crippen molar-refractivity contribution in [2.45, 2.75) is 38.6 Å². The van der Waals surface area contributed by atoms with Crippen LogP contribution in [0, 0.1) is 0 Å². The van der Waals surface area contributed by atoms with Crippen molar-refractivity contribution in [1.82, 2.24) is 4.90 Å². The van der Waals surface area contributed by atoms with Crippen molar-refractivity contribution in [2.75, 3.05) is 18.9 Å². The fraction of sp³-hybridized carbons (Fsp3) is 0.375. The summed E-state index contributed by atoms with van der Waals surface area (Å²) in [5.74, 6) is 2.36. The molecule has 0 saturated carbocycles. The van der Waals surface area contributed by atoms with Gasteiger partial charge in [0.05, 0.1) is 4.88 Å². The normalized spacial score (nSPS) is 17.3. The zero-order chi connectivity index (χ0) is 22.2. The number of thiophene rings is 1. The molecule has 1 aromatic carbocycles. The minimum Gasteiger partial charge on any atom is -0.489 e. The number of hydrogen-bond acceptors (Lipinski definition) is 6.